The average molecular weight is 262 g/mol. The van der Waals surface area contributed by atoms with Crippen molar-refractivity contribution in [3.8, 4) is 0 Å². The van der Waals surface area contributed by atoms with Gasteiger partial charge in [0, 0.05) is 6.07 Å². The van der Waals surface area contributed by atoms with Crippen molar-refractivity contribution in [2.75, 3.05) is 0 Å². The number of rotatable bonds is 4. The van der Waals surface area contributed by atoms with E-state index in [-0.39, 0.29) is 5.56 Å². The van der Waals surface area contributed by atoms with Crippen molar-refractivity contribution in [3.63, 3.8) is 0 Å². The Morgan fingerprint density at radius 2 is 1.68 bits per heavy atom. The van der Waals surface area contributed by atoms with Gasteiger partial charge in [-0.25, -0.2) is 13.6 Å². The van der Waals surface area contributed by atoms with Crippen molar-refractivity contribution in [3.05, 3.63) is 70.8 Å². The molecule has 2 rings (SSSR count). The summed E-state index contributed by atoms with van der Waals surface area (Å²) >= 11 is 0. The molecule has 2 aromatic rings. The lowest BCUT2D eigenvalue weighted by Gasteiger charge is -2.04. The van der Waals surface area contributed by atoms with E-state index in [1.807, 2.05) is 0 Å². The van der Waals surface area contributed by atoms with E-state index in [9.17, 15) is 13.6 Å². The van der Waals surface area contributed by atoms with Gasteiger partial charge < -0.3 is 5.11 Å². The topological polar surface area (TPSA) is 37.3 Å². The van der Waals surface area contributed by atoms with Crippen molar-refractivity contribution in [2.24, 2.45) is 0 Å². The molecule has 0 spiro atoms. The van der Waals surface area contributed by atoms with Gasteiger partial charge in [0.25, 0.3) is 0 Å². The number of halogens is 2. The number of benzene rings is 2. The Kier molecular flexibility index (Phi) is 3.90. The molecule has 19 heavy (non-hydrogen) atoms. The molecule has 1 N–H and O–H groups in total. The van der Waals surface area contributed by atoms with Gasteiger partial charge in [0.1, 0.15) is 11.6 Å². The molecule has 0 aliphatic rings. The zero-order chi connectivity index (χ0) is 13.8. The van der Waals surface area contributed by atoms with E-state index < -0.39 is 17.6 Å². The first-order valence-corrected chi connectivity index (χ1v) is 5.82. The molecule has 0 saturated carbocycles. The van der Waals surface area contributed by atoms with Crippen LogP contribution in [0.4, 0.5) is 8.78 Å². The molecule has 0 heterocycles. The zero-order valence-electron chi connectivity index (χ0n) is 10.1. The number of aromatic carboxylic acids is 1. The molecule has 2 aromatic carbocycles. The van der Waals surface area contributed by atoms with E-state index >= 15 is 0 Å². The molecule has 0 amide bonds. The first-order valence-electron chi connectivity index (χ1n) is 5.82. The Morgan fingerprint density at radius 1 is 1.00 bits per heavy atom. The van der Waals surface area contributed by atoms with E-state index in [4.69, 9.17) is 5.11 Å². The van der Waals surface area contributed by atoms with Crippen LogP contribution in [-0.2, 0) is 12.8 Å². The summed E-state index contributed by atoms with van der Waals surface area (Å²) in [4.78, 5) is 10.7. The molecule has 0 atom stereocenters. The second kappa shape index (κ2) is 5.61. The minimum absolute atomic E-state index is 0.219. The van der Waals surface area contributed by atoms with Crippen molar-refractivity contribution in [1.82, 2.24) is 0 Å². The fourth-order valence-corrected chi connectivity index (χ4v) is 1.82. The smallest absolute Gasteiger partial charge is 0.335 e. The van der Waals surface area contributed by atoms with Crippen LogP contribution in [0.5, 0.6) is 0 Å². The Bertz CT molecular complexity index is 592. The van der Waals surface area contributed by atoms with Crippen LogP contribution < -0.4 is 0 Å². The van der Waals surface area contributed by atoms with E-state index in [0.717, 1.165) is 11.6 Å². The fraction of sp³-hybridized carbons (Fsp3) is 0.133. The van der Waals surface area contributed by atoms with Crippen molar-refractivity contribution in [2.45, 2.75) is 12.8 Å². The summed E-state index contributed by atoms with van der Waals surface area (Å²) in [7, 11) is 0. The minimum Gasteiger partial charge on any atom is -0.478 e. The van der Waals surface area contributed by atoms with Gasteiger partial charge in [-0.2, -0.15) is 0 Å². The van der Waals surface area contributed by atoms with Crippen LogP contribution in [0.2, 0.25) is 0 Å². The standard InChI is InChI=1S/C15H12F2O2/c16-13-8-7-11(14(17)9-13)4-1-10-2-5-12(6-3-10)15(18)19/h2-3,5-9H,1,4H2,(H,18,19). The molecule has 98 valence electrons. The highest BCUT2D eigenvalue weighted by Crippen LogP contribution is 2.13. The quantitative estimate of drug-likeness (QED) is 0.916. The van der Waals surface area contributed by atoms with E-state index in [2.05, 4.69) is 0 Å². The number of carboxylic acids is 1. The van der Waals surface area contributed by atoms with Crippen LogP contribution in [0.1, 0.15) is 21.5 Å². The maximum absolute atomic E-state index is 13.4. The molecule has 0 aliphatic heterocycles. The number of carbonyl (C=O) groups is 1. The van der Waals surface area contributed by atoms with Crippen LogP contribution in [0.25, 0.3) is 0 Å². The van der Waals surface area contributed by atoms with Gasteiger partial charge in [-0.3, -0.25) is 0 Å². The first-order chi connectivity index (χ1) is 9.06. The van der Waals surface area contributed by atoms with Crippen LogP contribution >= 0.6 is 0 Å². The molecule has 0 fully saturated rings. The van der Waals surface area contributed by atoms with Crippen LogP contribution in [0.15, 0.2) is 42.5 Å². The predicted molar refractivity (Wildman–Crippen MR) is 67.2 cm³/mol. The van der Waals surface area contributed by atoms with E-state index in [1.54, 1.807) is 12.1 Å². The molecule has 0 saturated heterocycles. The van der Waals surface area contributed by atoms with Crippen molar-refractivity contribution < 1.29 is 18.7 Å². The van der Waals surface area contributed by atoms with Gasteiger partial charge >= 0.3 is 5.97 Å². The number of aryl methyl sites for hydroxylation is 2. The van der Waals surface area contributed by atoms with Gasteiger partial charge in [-0.1, -0.05) is 18.2 Å². The monoisotopic (exact) mass is 262 g/mol. The summed E-state index contributed by atoms with van der Waals surface area (Å²) in [6, 6.07) is 9.94. The maximum Gasteiger partial charge on any atom is 0.335 e. The SMILES string of the molecule is O=C(O)c1ccc(CCc2ccc(F)cc2F)cc1. The predicted octanol–water partition coefficient (Wildman–Crippen LogP) is 3.45. The fourth-order valence-electron chi connectivity index (χ4n) is 1.82. The molecule has 0 aliphatic carbocycles. The normalized spacial score (nSPS) is 10.4. The third kappa shape index (κ3) is 3.37. The van der Waals surface area contributed by atoms with Crippen LogP contribution in [0.3, 0.4) is 0 Å². The Hall–Kier alpha value is -2.23. The lowest BCUT2D eigenvalue weighted by Crippen LogP contribution is -1.98. The van der Waals surface area contributed by atoms with Crippen LogP contribution in [-0.4, -0.2) is 11.1 Å². The number of carboxylic acid groups (broad SMARTS) is 1. The molecule has 0 bridgehead atoms. The third-order valence-corrected chi connectivity index (χ3v) is 2.90. The molecule has 2 nitrogen and oxygen atoms in total. The summed E-state index contributed by atoms with van der Waals surface area (Å²) in [6.07, 6.45) is 1.01. The molecule has 4 heteroatoms. The van der Waals surface area contributed by atoms with Crippen molar-refractivity contribution in [1.29, 1.82) is 0 Å². The third-order valence-electron chi connectivity index (χ3n) is 2.90. The lowest BCUT2D eigenvalue weighted by molar-refractivity contribution is 0.0697. The summed E-state index contributed by atoms with van der Waals surface area (Å²) < 4.78 is 26.1. The largest absolute Gasteiger partial charge is 0.478 e. The van der Waals surface area contributed by atoms with E-state index in [1.165, 1.54) is 24.3 Å². The highest BCUT2D eigenvalue weighted by molar-refractivity contribution is 5.87. The van der Waals surface area contributed by atoms with Crippen molar-refractivity contribution >= 4 is 5.97 Å². The summed E-state index contributed by atoms with van der Waals surface area (Å²) in [5.74, 6) is -2.12. The second-order valence-corrected chi connectivity index (χ2v) is 4.24. The molecular weight excluding hydrogens is 250 g/mol. The van der Waals surface area contributed by atoms with Gasteiger partial charge in [-0.05, 0) is 42.2 Å². The summed E-state index contributed by atoms with van der Waals surface area (Å²) in [6.45, 7) is 0. The maximum atomic E-state index is 13.4. The second-order valence-electron chi connectivity index (χ2n) is 4.24. The van der Waals surface area contributed by atoms with Gasteiger partial charge in [-0.15, -0.1) is 0 Å². The molecular formula is C15H12F2O2. The Balaban J connectivity index is 2.04. The number of hydrogen-bond donors (Lipinski definition) is 1. The highest BCUT2D eigenvalue weighted by Gasteiger charge is 2.05. The Morgan fingerprint density at radius 3 is 2.26 bits per heavy atom. The average Bonchev–Trinajstić information content (AvgIpc) is 2.38. The molecule has 0 aromatic heterocycles. The van der Waals surface area contributed by atoms with Gasteiger partial charge in [0.05, 0.1) is 5.56 Å². The van der Waals surface area contributed by atoms with E-state index in [0.29, 0.717) is 18.4 Å². The molecule has 0 unspecified atom stereocenters. The van der Waals surface area contributed by atoms with Gasteiger partial charge in [0.15, 0.2) is 0 Å². The molecule has 0 radical (unpaired) electrons. The zero-order valence-corrected chi connectivity index (χ0v) is 10.1. The number of hydrogen-bond acceptors (Lipinski definition) is 1. The van der Waals surface area contributed by atoms with Crippen LogP contribution in [0, 0.1) is 11.6 Å². The lowest BCUT2D eigenvalue weighted by atomic mass is 10.0. The Labute approximate surface area is 109 Å². The first kappa shape index (κ1) is 13.2. The highest BCUT2D eigenvalue weighted by atomic mass is 19.1. The summed E-state index contributed by atoms with van der Waals surface area (Å²) in [5, 5.41) is 8.76. The summed E-state index contributed by atoms with van der Waals surface area (Å²) in [5.41, 5.74) is 1.58. The minimum atomic E-state index is -0.976. The van der Waals surface area contributed by atoms with Gasteiger partial charge in [0.2, 0.25) is 0 Å².